The summed E-state index contributed by atoms with van der Waals surface area (Å²) in [5.41, 5.74) is 6.27. The summed E-state index contributed by atoms with van der Waals surface area (Å²) in [5, 5.41) is 2.44. The molecule has 1 aliphatic rings. The Labute approximate surface area is 86.1 Å². The van der Waals surface area contributed by atoms with Gasteiger partial charge in [-0.2, -0.15) is 0 Å². The van der Waals surface area contributed by atoms with E-state index in [9.17, 15) is 9.59 Å². The maximum absolute atomic E-state index is 11.3. The third-order valence-corrected chi connectivity index (χ3v) is 2.12. The van der Waals surface area contributed by atoms with Crippen molar-refractivity contribution < 1.29 is 9.59 Å². The van der Waals surface area contributed by atoms with Gasteiger partial charge < -0.3 is 11.1 Å². The average Bonchev–Trinajstić information content (AvgIpc) is 2.50. The fourth-order valence-electron chi connectivity index (χ4n) is 1.39. The third kappa shape index (κ3) is 1.88. The number of nitrogen functional groups attached to an aromatic ring is 1. The van der Waals surface area contributed by atoms with E-state index in [-0.39, 0.29) is 25.0 Å². The van der Waals surface area contributed by atoms with Gasteiger partial charge >= 0.3 is 6.03 Å². The van der Waals surface area contributed by atoms with Gasteiger partial charge in [0.1, 0.15) is 5.82 Å². The van der Waals surface area contributed by atoms with E-state index in [1.54, 1.807) is 18.3 Å². The van der Waals surface area contributed by atoms with Gasteiger partial charge in [-0.25, -0.2) is 9.78 Å². The molecule has 15 heavy (non-hydrogen) atoms. The molecule has 2 heterocycles. The lowest BCUT2D eigenvalue weighted by Crippen LogP contribution is -2.30. The van der Waals surface area contributed by atoms with Crippen molar-refractivity contribution in [1.29, 1.82) is 0 Å². The van der Waals surface area contributed by atoms with Gasteiger partial charge in [0, 0.05) is 6.20 Å². The van der Waals surface area contributed by atoms with Crippen molar-refractivity contribution in [2.45, 2.75) is 6.54 Å². The molecule has 3 N–H and O–H groups in total. The molecule has 6 nitrogen and oxygen atoms in total. The van der Waals surface area contributed by atoms with Crippen molar-refractivity contribution in [3.63, 3.8) is 0 Å². The monoisotopic (exact) mass is 206 g/mol. The minimum atomic E-state index is -0.365. The maximum Gasteiger partial charge on any atom is 0.324 e. The Morgan fingerprint density at radius 1 is 1.53 bits per heavy atom. The zero-order valence-electron chi connectivity index (χ0n) is 7.93. The van der Waals surface area contributed by atoms with Gasteiger partial charge in [-0.15, -0.1) is 0 Å². The molecule has 6 heteroatoms. The second kappa shape index (κ2) is 3.56. The summed E-state index contributed by atoms with van der Waals surface area (Å²) in [6, 6.07) is 2.99. The number of carbonyl (C=O) groups excluding carboxylic acids is 2. The second-order valence-corrected chi connectivity index (χ2v) is 3.23. The predicted molar refractivity (Wildman–Crippen MR) is 52.6 cm³/mol. The first kappa shape index (κ1) is 9.45. The molecule has 1 aromatic heterocycles. The van der Waals surface area contributed by atoms with Crippen LogP contribution in [0.25, 0.3) is 0 Å². The fourth-order valence-corrected chi connectivity index (χ4v) is 1.39. The Morgan fingerprint density at radius 3 is 2.93 bits per heavy atom. The normalized spacial score (nSPS) is 15.6. The fraction of sp³-hybridized carbons (Fsp3) is 0.222. The molecule has 0 atom stereocenters. The first-order chi connectivity index (χ1) is 7.16. The smallest absolute Gasteiger partial charge is 0.324 e. The number of urea groups is 1. The lowest BCUT2D eigenvalue weighted by molar-refractivity contribution is -0.125. The number of aromatic nitrogens is 1. The van der Waals surface area contributed by atoms with Crippen LogP contribution in [0.5, 0.6) is 0 Å². The van der Waals surface area contributed by atoms with E-state index in [1.165, 1.54) is 0 Å². The van der Waals surface area contributed by atoms with Crippen LogP contribution >= 0.6 is 0 Å². The Morgan fingerprint density at radius 2 is 2.33 bits per heavy atom. The molecular formula is C9H10N4O2. The highest BCUT2D eigenvalue weighted by Crippen LogP contribution is 2.09. The van der Waals surface area contributed by atoms with Crippen LogP contribution in [0, 0.1) is 0 Å². The van der Waals surface area contributed by atoms with Crippen LogP contribution in [0.1, 0.15) is 5.56 Å². The number of rotatable bonds is 2. The van der Waals surface area contributed by atoms with Crippen LogP contribution in [0.3, 0.4) is 0 Å². The molecule has 2 rings (SSSR count). The Hall–Kier alpha value is -2.11. The van der Waals surface area contributed by atoms with E-state index < -0.39 is 0 Å². The first-order valence-corrected chi connectivity index (χ1v) is 4.45. The first-order valence-electron chi connectivity index (χ1n) is 4.45. The lowest BCUT2D eigenvalue weighted by Gasteiger charge is -2.11. The lowest BCUT2D eigenvalue weighted by atomic mass is 10.2. The molecule has 1 saturated heterocycles. The highest BCUT2D eigenvalue weighted by Gasteiger charge is 2.28. The van der Waals surface area contributed by atoms with Crippen molar-refractivity contribution in [2.75, 3.05) is 12.3 Å². The predicted octanol–water partition coefficient (Wildman–Crippen LogP) is -0.284. The second-order valence-electron chi connectivity index (χ2n) is 3.23. The summed E-state index contributed by atoms with van der Waals surface area (Å²) in [5.74, 6) is 0.148. The number of hydrogen-bond donors (Lipinski definition) is 2. The number of nitrogens with one attached hydrogen (secondary N) is 1. The summed E-state index contributed by atoms with van der Waals surface area (Å²) >= 11 is 0. The van der Waals surface area contributed by atoms with Crippen LogP contribution < -0.4 is 11.1 Å². The molecule has 0 bridgehead atoms. The number of amides is 3. The van der Waals surface area contributed by atoms with Crippen molar-refractivity contribution in [2.24, 2.45) is 0 Å². The molecule has 1 aromatic rings. The topological polar surface area (TPSA) is 88.3 Å². The molecular weight excluding hydrogens is 196 g/mol. The Bertz CT molecular complexity index is 402. The van der Waals surface area contributed by atoms with Gasteiger partial charge in [0.15, 0.2) is 0 Å². The quantitative estimate of drug-likeness (QED) is 0.651. The number of carbonyl (C=O) groups is 2. The molecule has 1 aliphatic heterocycles. The minimum Gasteiger partial charge on any atom is -0.384 e. The van der Waals surface area contributed by atoms with Crippen LogP contribution in [0.4, 0.5) is 10.6 Å². The summed E-state index contributed by atoms with van der Waals surface area (Å²) in [6.07, 6.45) is 1.54. The van der Waals surface area contributed by atoms with Crippen molar-refractivity contribution in [1.82, 2.24) is 15.2 Å². The standard InChI is InChI=1S/C9H10N4O2/c10-7-3-6(1-2-11-7)5-13-8(14)4-12-9(13)15/h1-3H,4-5H2,(H2,10,11)(H,12,15). The van der Waals surface area contributed by atoms with Gasteiger partial charge in [-0.1, -0.05) is 0 Å². The summed E-state index contributed by atoms with van der Waals surface area (Å²) in [6.45, 7) is 0.302. The van der Waals surface area contributed by atoms with E-state index in [0.29, 0.717) is 5.82 Å². The SMILES string of the molecule is Nc1cc(CN2C(=O)CNC2=O)ccn1. The van der Waals surface area contributed by atoms with Gasteiger partial charge in [0.25, 0.3) is 0 Å². The molecule has 0 spiro atoms. The number of anilines is 1. The molecule has 0 radical (unpaired) electrons. The van der Waals surface area contributed by atoms with E-state index >= 15 is 0 Å². The van der Waals surface area contributed by atoms with Crippen LogP contribution in [-0.4, -0.2) is 28.4 Å². The van der Waals surface area contributed by atoms with Crippen molar-refractivity contribution in [3.05, 3.63) is 23.9 Å². The van der Waals surface area contributed by atoms with E-state index in [2.05, 4.69) is 10.3 Å². The summed E-state index contributed by atoms with van der Waals surface area (Å²) < 4.78 is 0. The maximum atomic E-state index is 11.3. The van der Waals surface area contributed by atoms with E-state index in [0.717, 1.165) is 10.5 Å². The molecule has 0 aliphatic carbocycles. The van der Waals surface area contributed by atoms with Gasteiger partial charge in [-0.05, 0) is 17.7 Å². The minimum absolute atomic E-state index is 0.0688. The average molecular weight is 206 g/mol. The van der Waals surface area contributed by atoms with Crippen LogP contribution in [0.2, 0.25) is 0 Å². The van der Waals surface area contributed by atoms with Crippen LogP contribution in [0.15, 0.2) is 18.3 Å². The van der Waals surface area contributed by atoms with E-state index in [4.69, 9.17) is 5.73 Å². The molecule has 78 valence electrons. The zero-order valence-corrected chi connectivity index (χ0v) is 7.93. The molecule has 3 amide bonds. The number of nitrogens with zero attached hydrogens (tertiary/aromatic N) is 2. The largest absolute Gasteiger partial charge is 0.384 e. The highest BCUT2D eigenvalue weighted by molar-refractivity contribution is 6.01. The molecule has 0 unspecified atom stereocenters. The number of pyridine rings is 1. The number of imide groups is 1. The number of nitrogens with two attached hydrogens (primary N) is 1. The third-order valence-electron chi connectivity index (χ3n) is 2.12. The molecule has 1 fully saturated rings. The van der Waals surface area contributed by atoms with E-state index in [1.807, 2.05) is 0 Å². The van der Waals surface area contributed by atoms with Gasteiger partial charge in [-0.3, -0.25) is 9.69 Å². The highest BCUT2D eigenvalue weighted by atomic mass is 16.2. The molecule has 0 aromatic carbocycles. The summed E-state index contributed by atoms with van der Waals surface area (Å²) in [7, 11) is 0. The van der Waals surface area contributed by atoms with Gasteiger partial charge in [0.05, 0.1) is 13.1 Å². The van der Waals surface area contributed by atoms with Crippen molar-refractivity contribution >= 4 is 17.8 Å². The number of hydrogen-bond acceptors (Lipinski definition) is 4. The van der Waals surface area contributed by atoms with Gasteiger partial charge in [0.2, 0.25) is 5.91 Å². The molecule has 0 saturated carbocycles. The Kier molecular flexibility index (Phi) is 2.24. The van der Waals surface area contributed by atoms with Crippen molar-refractivity contribution in [3.8, 4) is 0 Å². The summed E-state index contributed by atoms with van der Waals surface area (Å²) in [4.78, 5) is 27.5. The van der Waals surface area contributed by atoms with Crippen LogP contribution in [-0.2, 0) is 11.3 Å². The Balaban J connectivity index is 2.15. The zero-order chi connectivity index (χ0) is 10.8.